The van der Waals surface area contributed by atoms with Gasteiger partial charge in [0.2, 0.25) is 0 Å². The van der Waals surface area contributed by atoms with Gasteiger partial charge in [-0.1, -0.05) is 45.0 Å². The minimum absolute atomic E-state index is 0.0875. The van der Waals surface area contributed by atoms with Crippen LogP contribution in [0.5, 0.6) is 0 Å². The summed E-state index contributed by atoms with van der Waals surface area (Å²) in [5.41, 5.74) is 9.25. The number of halogens is 1. The molecule has 250 valence electrons. The van der Waals surface area contributed by atoms with Crippen molar-refractivity contribution in [1.82, 2.24) is 4.57 Å². The van der Waals surface area contributed by atoms with Gasteiger partial charge < -0.3 is 25.2 Å². The van der Waals surface area contributed by atoms with E-state index in [1.807, 2.05) is 71.0 Å². The molecule has 0 saturated carbocycles. The molecule has 0 aliphatic carbocycles. The molecule has 2 unspecified atom stereocenters. The van der Waals surface area contributed by atoms with Crippen molar-refractivity contribution in [2.45, 2.75) is 92.4 Å². The van der Waals surface area contributed by atoms with Crippen LogP contribution in [-0.4, -0.2) is 44.0 Å². The number of aryl methyl sites for hydroxylation is 3. The summed E-state index contributed by atoms with van der Waals surface area (Å²) in [5, 5.41) is 33.8. The Morgan fingerprint density at radius 3 is 2.21 bits per heavy atom. The highest BCUT2D eigenvalue weighted by Crippen LogP contribution is 2.45. The Balaban J connectivity index is 2.03. The monoisotopic (exact) mass is 642 g/mol. The molecular formula is C39H47FN2O5. The predicted molar refractivity (Wildman–Crippen MR) is 185 cm³/mol. The Morgan fingerprint density at radius 1 is 0.915 bits per heavy atom. The number of aromatic nitrogens is 1. The molecule has 47 heavy (non-hydrogen) atoms. The fourth-order valence-electron chi connectivity index (χ4n) is 6.17. The van der Waals surface area contributed by atoms with Gasteiger partial charge >= 0.3 is 5.97 Å². The number of aliphatic carboxylic acids is 1. The molecule has 4 N–H and O–H groups in total. The van der Waals surface area contributed by atoms with E-state index in [9.17, 15) is 24.2 Å². The van der Waals surface area contributed by atoms with Gasteiger partial charge in [0, 0.05) is 35.8 Å². The second-order valence-corrected chi connectivity index (χ2v) is 12.9. The highest BCUT2D eigenvalue weighted by Gasteiger charge is 2.33. The number of hydrogen-bond donors (Lipinski definition) is 4. The third-order valence-corrected chi connectivity index (χ3v) is 9.42. The van der Waals surface area contributed by atoms with Crippen LogP contribution >= 0.6 is 0 Å². The molecule has 1 aromatic heterocycles. The van der Waals surface area contributed by atoms with Crippen molar-refractivity contribution in [2.24, 2.45) is 5.92 Å². The van der Waals surface area contributed by atoms with Crippen LogP contribution in [0.4, 0.5) is 10.1 Å². The van der Waals surface area contributed by atoms with E-state index < -0.39 is 30.5 Å². The number of carbonyl (C=O) groups is 2. The molecular weight excluding hydrogens is 595 g/mol. The molecule has 1 amide bonds. The summed E-state index contributed by atoms with van der Waals surface area (Å²) in [5.74, 6) is -2.32. The van der Waals surface area contributed by atoms with Crippen molar-refractivity contribution in [3.05, 3.63) is 100.0 Å². The van der Waals surface area contributed by atoms with E-state index in [1.54, 1.807) is 12.1 Å². The van der Waals surface area contributed by atoms with Crippen LogP contribution in [0.1, 0.15) is 84.3 Å². The normalized spacial score (nSPS) is 14.0. The molecule has 0 spiro atoms. The van der Waals surface area contributed by atoms with E-state index in [1.165, 1.54) is 12.1 Å². The van der Waals surface area contributed by atoms with Gasteiger partial charge in [-0.15, -0.1) is 0 Å². The number of rotatable bonds is 13. The van der Waals surface area contributed by atoms with Gasteiger partial charge in [-0.2, -0.15) is 0 Å². The van der Waals surface area contributed by atoms with Gasteiger partial charge in [-0.25, -0.2) is 4.39 Å². The van der Waals surface area contributed by atoms with Gasteiger partial charge in [0.15, 0.2) is 0 Å². The van der Waals surface area contributed by atoms with Crippen molar-refractivity contribution in [3.63, 3.8) is 0 Å². The number of aliphatic hydroxyl groups is 2. The number of carboxylic acids is 1. The maximum atomic E-state index is 14.6. The highest BCUT2D eigenvalue weighted by molar-refractivity contribution is 6.13. The fraction of sp³-hybridized carbons (Fsp3) is 0.385. The van der Waals surface area contributed by atoms with Crippen molar-refractivity contribution < 1.29 is 29.3 Å². The van der Waals surface area contributed by atoms with Crippen LogP contribution < -0.4 is 5.32 Å². The van der Waals surface area contributed by atoms with Crippen LogP contribution in [0, 0.1) is 39.4 Å². The molecule has 0 radical (unpaired) electrons. The third kappa shape index (κ3) is 8.00. The second-order valence-electron chi connectivity index (χ2n) is 12.9. The molecule has 0 aliphatic rings. The maximum absolute atomic E-state index is 14.6. The minimum atomic E-state index is -1.20. The number of nitrogens with zero attached hydrogens (tertiary/aromatic N) is 1. The number of hydrogen-bond acceptors (Lipinski definition) is 4. The van der Waals surface area contributed by atoms with E-state index >= 15 is 0 Å². The quantitative estimate of drug-likeness (QED) is 0.118. The molecule has 0 bridgehead atoms. The van der Waals surface area contributed by atoms with E-state index in [0.29, 0.717) is 16.8 Å². The predicted octanol–water partition coefficient (Wildman–Crippen LogP) is 8.18. The number of anilines is 1. The molecule has 0 fully saturated rings. The number of benzene rings is 3. The molecule has 0 saturated heterocycles. The van der Waals surface area contributed by atoms with Crippen molar-refractivity contribution in [1.29, 1.82) is 0 Å². The zero-order valence-electron chi connectivity index (χ0n) is 28.4. The van der Waals surface area contributed by atoms with Gasteiger partial charge in [0.1, 0.15) is 5.82 Å². The van der Waals surface area contributed by atoms with Gasteiger partial charge in [0.05, 0.1) is 29.9 Å². The van der Waals surface area contributed by atoms with Crippen molar-refractivity contribution in [3.8, 4) is 22.4 Å². The highest BCUT2D eigenvalue weighted by atomic mass is 19.1. The summed E-state index contributed by atoms with van der Waals surface area (Å²) in [4.78, 5) is 25.8. The van der Waals surface area contributed by atoms with Crippen LogP contribution in [0.2, 0.25) is 0 Å². The van der Waals surface area contributed by atoms with Gasteiger partial charge in [0.25, 0.3) is 5.91 Å². The third-order valence-electron chi connectivity index (χ3n) is 9.42. The van der Waals surface area contributed by atoms with E-state index in [4.69, 9.17) is 5.11 Å². The first-order valence-electron chi connectivity index (χ1n) is 16.3. The standard InChI is InChI=1S/C39H47FN2O5/c1-8-22(2)37-36(39(47)41-30-17-12-23(3)25(5)18-30)35(32-11-9-10-24(4)27(32)7)38(28-13-15-29(40)16-14-28)42(37)21-26(6)33(44)19-31(43)20-34(45)46/h9-18,22,26,31,33,43-44H,8,19-21H2,1-7H3,(H,41,47)(H,45,46)/t22?,26?,31-,33+/m1/s1. The number of nitrogens with one attached hydrogen (secondary N) is 1. The van der Waals surface area contributed by atoms with Crippen LogP contribution in [-0.2, 0) is 11.3 Å². The summed E-state index contributed by atoms with van der Waals surface area (Å²) in [7, 11) is 0. The number of carbonyl (C=O) groups excluding carboxylic acids is 1. The van der Waals surface area contributed by atoms with Crippen molar-refractivity contribution >= 4 is 17.6 Å². The Hall–Kier alpha value is -4.27. The maximum Gasteiger partial charge on any atom is 0.305 e. The number of amides is 1. The minimum Gasteiger partial charge on any atom is -0.481 e. The first kappa shape index (κ1) is 35.6. The number of aliphatic hydroxyl groups excluding tert-OH is 2. The number of carboxylic acid groups (broad SMARTS) is 1. The second kappa shape index (κ2) is 15.1. The Morgan fingerprint density at radius 2 is 1.60 bits per heavy atom. The zero-order valence-corrected chi connectivity index (χ0v) is 28.4. The molecule has 4 aromatic rings. The molecule has 8 heteroatoms. The summed E-state index contributed by atoms with van der Waals surface area (Å²) in [6, 6.07) is 18.0. The van der Waals surface area contributed by atoms with Gasteiger partial charge in [-0.05, 0) is 110 Å². The lowest BCUT2D eigenvalue weighted by Crippen LogP contribution is -2.29. The lowest BCUT2D eigenvalue weighted by Gasteiger charge is -2.26. The van der Waals surface area contributed by atoms with Gasteiger partial charge in [-0.3, -0.25) is 9.59 Å². The summed E-state index contributed by atoms with van der Waals surface area (Å²) >= 11 is 0. The Kier molecular flexibility index (Phi) is 11.4. The SMILES string of the molecule is CCC(C)c1c(C(=O)Nc2ccc(C)c(C)c2)c(-c2cccc(C)c2C)c(-c2ccc(F)cc2)n1CC(C)[C@@H](O)C[C@@H](O)CC(=O)O. The van der Waals surface area contributed by atoms with Crippen LogP contribution in [0.15, 0.2) is 60.7 Å². The lowest BCUT2D eigenvalue weighted by atomic mass is 9.89. The van der Waals surface area contributed by atoms with E-state index in [2.05, 4.69) is 23.7 Å². The molecule has 7 nitrogen and oxygen atoms in total. The fourth-order valence-corrected chi connectivity index (χ4v) is 6.17. The van der Waals surface area contributed by atoms with E-state index in [-0.39, 0.29) is 30.6 Å². The summed E-state index contributed by atoms with van der Waals surface area (Å²) in [6.45, 7) is 14.3. The van der Waals surface area contributed by atoms with Crippen molar-refractivity contribution in [2.75, 3.05) is 5.32 Å². The Bertz CT molecular complexity index is 1740. The molecule has 0 aliphatic heterocycles. The van der Waals surface area contributed by atoms with Crippen LogP contribution in [0.3, 0.4) is 0 Å². The first-order chi connectivity index (χ1) is 22.2. The topological polar surface area (TPSA) is 112 Å². The molecule has 1 heterocycles. The zero-order chi connectivity index (χ0) is 34.6. The van der Waals surface area contributed by atoms with E-state index in [0.717, 1.165) is 51.2 Å². The largest absolute Gasteiger partial charge is 0.481 e. The molecule has 3 aromatic carbocycles. The Labute approximate surface area is 277 Å². The first-order valence-corrected chi connectivity index (χ1v) is 16.3. The summed E-state index contributed by atoms with van der Waals surface area (Å²) in [6.07, 6.45) is -2.08. The smallest absolute Gasteiger partial charge is 0.305 e. The van der Waals surface area contributed by atoms with Crippen LogP contribution in [0.25, 0.3) is 22.4 Å². The lowest BCUT2D eigenvalue weighted by molar-refractivity contribution is -0.139. The summed E-state index contributed by atoms with van der Waals surface area (Å²) < 4.78 is 16.4. The molecule has 4 rings (SSSR count). The molecule has 4 atom stereocenters. The average molecular weight is 643 g/mol. The average Bonchev–Trinajstić information content (AvgIpc) is 3.34.